The molecular weight excluding hydrogens is 351 g/mol. The Labute approximate surface area is 147 Å². The number of nitrogens with one attached hydrogen (secondary N) is 1. The van der Waals surface area contributed by atoms with Crippen LogP contribution in [0.3, 0.4) is 0 Å². The van der Waals surface area contributed by atoms with E-state index in [1.54, 1.807) is 13.2 Å². The number of benzene rings is 2. The first-order valence-electron chi connectivity index (χ1n) is 6.94. The molecule has 1 aliphatic rings. The highest BCUT2D eigenvalue weighted by Crippen LogP contribution is 2.29. The number of carbonyl (C=O) groups is 1. The van der Waals surface area contributed by atoms with Gasteiger partial charge in [-0.05, 0) is 53.7 Å². The minimum Gasteiger partial charge on any atom is -0.497 e. The van der Waals surface area contributed by atoms with Crippen LogP contribution in [0.5, 0.6) is 5.75 Å². The maximum atomic E-state index is 13.2. The predicted molar refractivity (Wildman–Crippen MR) is 95.2 cm³/mol. The first kappa shape index (κ1) is 16.5. The predicted octanol–water partition coefficient (Wildman–Crippen LogP) is 4.38. The van der Waals surface area contributed by atoms with E-state index in [0.717, 1.165) is 11.3 Å². The van der Waals surface area contributed by atoms with Crippen molar-refractivity contribution < 1.29 is 13.9 Å². The van der Waals surface area contributed by atoms with Gasteiger partial charge in [-0.1, -0.05) is 23.7 Å². The van der Waals surface area contributed by atoms with Gasteiger partial charge in [0.2, 0.25) is 0 Å². The van der Waals surface area contributed by atoms with E-state index >= 15 is 0 Å². The van der Waals surface area contributed by atoms with Gasteiger partial charge in [-0.25, -0.2) is 9.38 Å². The van der Waals surface area contributed by atoms with E-state index in [1.165, 1.54) is 30.0 Å². The molecule has 0 aromatic heterocycles. The summed E-state index contributed by atoms with van der Waals surface area (Å²) in [7, 11) is 1.60. The number of amides is 1. The molecule has 1 aliphatic heterocycles. The summed E-state index contributed by atoms with van der Waals surface area (Å²) in [5.41, 5.74) is 1.34. The molecule has 0 spiro atoms. The molecule has 4 nitrogen and oxygen atoms in total. The van der Waals surface area contributed by atoms with Crippen molar-refractivity contribution in [1.29, 1.82) is 0 Å². The Morgan fingerprint density at radius 3 is 2.67 bits per heavy atom. The van der Waals surface area contributed by atoms with Crippen LogP contribution in [0.2, 0.25) is 5.02 Å². The van der Waals surface area contributed by atoms with Gasteiger partial charge in [-0.15, -0.1) is 0 Å². The fourth-order valence-corrected chi connectivity index (χ4v) is 3.02. The average molecular weight is 363 g/mol. The van der Waals surface area contributed by atoms with Crippen LogP contribution in [0.25, 0.3) is 6.08 Å². The molecule has 0 aliphatic carbocycles. The Kier molecular flexibility index (Phi) is 4.87. The monoisotopic (exact) mass is 362 g/mol. The van der Waals surface area contributed by atoms with Crippen molar-refractivity contribution in [2.45, 2.75) is 0 Å². The summed E-state index contributed by atoms with van der Waals surface area (Å²) >= 11 is 6.94. The first-order valence-corrected chi connectivity index (χ1v) is 8.13. The van der Waals surface area contributed by atoms with E-state index in [0.29, 0.717) is 15.8 Å². The number of nitrogens with zero attached hydrogens (tertiary/aromatic N) is 1. The Hall–Kier alpha value is -2.31. The third-order valence-corrected chi connectivity index (χ3v) is 4.40. The Balaban J connectivity index is 1.80. The van der Waals surface area contributed by atoms with Gasteiger partial charge in [0, 0.05) is 0 Å². The molecule has 122 valence electrons. The lowest BCUT2D eigenvalue weighted by atomic mass is 10.2. The van der Waals surface area contributed by atoms with Crippen LogP contribution >= 0.6 is 23.4 Å². The molecule has 0 atom stereocenters. The number of ether oxygens (including phenoxy) is 1. The second kappa shape index (κ2) is 7.07. The molecule has 7 heteroatoms. The zero-order valence-corrected chi connectivity index (χ0v) is 14.1. The lowest BCUT2D eigenvalue weighted by Crippen LogP contribution is -2.19. The minimum absolute atomic E-state index is 0.0137. The number of thioether (sulfide) groups is 1. The molecule has 1 heterocycles. The zero-order chi connectivity index (χ0) is 17.1. The topological polar surface area (TPSA) is 50.7 Å². The second-order valence-electron chi connectivity index (χ2n) is 4.85. The molecule has 24 heavy (non-hydrogen) atoms. The van der Waals surface area contributed by atoms with E-state index in [2.05, 4.69) is 10.3 Å². The van der Waals surface area contributed by atoms with Crippen molar-refractivity contribution in [3.63, 3.8) is 0 Å². The summed E-state index contributed by atoms with van der Waals surface area (Å²) in [5, 5.41) is 3.08. The molecule has 1 N–H and O–H groups in total. The average Bonchev–Trinajstić information content (AvgIpc) is 2.91. The summed E-state index contributed by atoms with van der Waals surface area (Å²) < 4.78 is 18.3. The number of methoxy groups -OCH3 is 1. The third-order valence-electron chi connectivity index (χ3n) is 3.20. The maximum Gasteiger partial charge on any atom is 0.264 e. The van der Waals surface area contributed by atoms with Crippen LogP contribution < -0.4 is 10.1 Å². The molecule has 1 saturated heterocycles. The highest BCUT2D eigenvalue weighted by Gasteiger charge is 2.23. The van der Waals surface area contributed by atoms with Crippen molar-refractivity contribution in [1.82, 2.24) is 5.32 Å². The summed E-state index contributed by atoms with van der Waals surface area (Å²) in [4.78, 5) is 16.8. The molecule has 1 amide bonds. The van der Waals surface area contributed by atoms with E-state index in [-0.39, 0.29) is 10.9 Å². The van der Waals surface area contributed by atoms with Gasteiger partial charge in [0.1, 0.15) is 11.6 Å². The largest absolute Gasteiger partial charge is 0.497 e. The number of hydrogen-bond acceptors (Lipinski definition) is 4. The van der Waals surface area contributed by atoms with Gasteiger partial charge in [-0.3, -0.25) is 4.79 Å². The van der Waals surface area contributed by atoms with E-state index < -0.39 is 5.82 Å². The number of amidine groups is 1. The van der Waals surface area contributed by atoms with Crippen molar-refractivity contribution in [3.8, 4) is 5.75 Å². The molecule has 3 rings (SSSR count). The minimum atomic E-state index is -0.510. The molecule has 0 unspecified atom stereocenters. The van der Waals surface area contributed by atoms with Gasteiger partial charge in [0.25, 0.3) is 5.91 Å². The van der Waals surface area contributed by atoms with Crippen molar-refractivity contribution in [2.24, 2.45) is 4.99 Å². The third kappa shape index (κ3) is 3.77. The smallest absolute Gasteiger partial charge is 0.264 e. The summed E-state index contributed by atoms with van der Waals surface area (Å²) in [6.45, 7) is 0. The highest BCUT2D eigenvalue weighted by atomic mass is 35.5. The summed E-state index contributed by atoms with van der Waals surface area (Å²) in [5.74, 6) is 0.00251. The molecule has 0 bridgehead atoms. The first-order chi connectivity index (χ1) is 11.5. The lowest BCUT2D eigenvalue weighted by Gasteiger charge is -1.99. The van der Waals surface area contributed by atoms with Crippen LogP contribution in [-0.4, -0.2) is 18.2 Å². The van der Waals surface area contributed by atoms with Gasteiger partial charge in [-0.2, -0.15) is 0 Å². The lowest BCUT2D eigenvalue weighted by molar-refractivity contribution is -0.115. The number of rotatable bonds is 3. The normalized spacial score (nSPS) is 17.4. The van der Waals surface area contributed by atoms with Crippen LogP contribution in [0.1, 0.15) is 5.56 Å². The molecule has 2 aromatic carbocycles. The van der Waals surface area contributed by atoms with Crippen LogP contribution in [0, 0.1) is 5.82 Å². The molecule has 0 radical (unpaired) electrons. The van der Waals surface area contributed by atoms with Crippen molar-refractivity contribution in [2.75, 3.05) is 7.11 Å². The van der Waals surface area contributed by atoms with E-state index in [9.17, 15) is 9.18 Å². The van der Waals surface area contributed by atoms with Gasteiger partial charge in [0.15, 0.2) is 5.17 Å². The second-order valence-corrected chi connectivity index (χ2v) is 6.29. The van der Waals surface area contributed by atoms with Crippen molar-refractivity contribution in [3.05, 3.63) is 63.8 Å². The quantitative estimate of drug-likeness (QED) is 0.824. The SMILES string of the molecule is COc1ccc(/C=C2\SC(=Nc3ccc(F)c(Cl)c3)NC2=O)cc1. The van der Waals surface area contributed by atoms with Gasteiger partial charge < -0.3 is 10.1 Å². The number of hydrogen-bond donors (Lipinski definition) is 1. The molecule has 0 saturated carbocycles. The van der Waals surface area contributed by atoms with Crippen LogP contribution in [0.4, 0.5) is 10.1 Å². The van der Waals surface area contributed by atoms with Crippen LogP contribution in [0.15, 0.2) is 52.4 Å². The van der Waals surface area contributed by atoms with Crippen LogP contribution in [-0.2, 0) is 4.79 Å². The van der Waals surface area contributed by atoms with Crippen molar-refractivity contribution >= 4 is 46.2 Å². The number of aliphatic imine (C=N–C) groups is 1. The van der Waals surface area contributed by atoms with Gasteiger partial charge >= 0.3 is 0 Å². The maximum absolute atomic E-state index is 13.2. The summed E-state index contributed by atoms with van der Waals surface area (Å²) in [6.07, 6.45) is 1.76. The summed E-state index contributed by atoms with van der Waals surface area (Å²) in [6, 6.07) is 11.5. The number of carbonyl (C=O) groups excluding carboxylic acids is 1. The molecule has 1 fully saturated rings. The molecular formula is C17H12ClFN2O2S. The Morgan fingerprint density at radius 1 is 1.25 bits per heavy atom. The Bertz CT molecular complexity index is 850. The standard InChI is InChI=1S/C17H12ClFN2O2S/c1-23-12-5-2-10(3-6-12)8-15-16(22)21-17(24-15)20-11-4-7-14(19)13(18)9-11/h2-9H,1H3,(H,20,21,22)/b15-8-. The Morgan fingerprint density at radius 2 is 2.00 bits per heavy atom. The highest BCUT2D eigenvalue weighted by molar-refractivity contribution is 8.18. The zero-order valence-electron chi connectivity index (χ0n) is 12.5. The number of halogens is 2. The van der Waals surface area contributed by atoms with Gasteiger partial charge in [0.05, 0.1) is 22.7 Å². The molecule has 2 aromatic rings. The van der Waals surface area contributed by atoms with E-state index in [1.807, 2.05) is 24.3 Å². The fourth-order valence-electron chi connectivity index (χ4n) is 2.00. The van der Waals surface area contributed by atoms with E-state index in [4.69, 9.17) is 16.3 Å². The fraction of sp³-hybridized carbons (Fsp3) is 0.0588.